The molecule has 0 radical (unpaired) electrons. The van der Waals surface area contributed by atoms with Crippen LogP contribution in [0.25, 0.3) is 0 Å². The molecule has 0 aliphatic carbocycles. The molecule has 1 unspecified atom stereocenters. The Morgan fingerprint density at radius 1 is 1.23 bits per heavy atom. The van der Waals surface area contributed by atoms with Crippen molar-refractivity contribution in [3.05, 3.63) is 65.5 Å². The maximum atomic E-state index is 14.1. The van der Waals surface area contributed by atoms with Gasteiger partial charge < -0.3 is 4.74 Å². The van der Waals surface area contributed by atoms with Gasteiger partial charge >= 0.3 is 0 Å². The zero-order valence-electron chi connectivity index (χ0n) is 15.3. The normalized spacial score (nSPS) is 17.8. The van der Waals surface area contributed by atoms with Gasteiger partial charge in [0, 0.05) is 31.0 Å². The van der Waals surface area contributed by atoms with Gasteiger partial charge in [-0.3, -0.25) is 9.69 Å². The highest BCUT2D eigenvalue weighted by Gasteiger charge is 2.26. The van der Waals surface area contributed by atoms with Crippen molar-refractivity contribution in [2.24, 2.45) is 5.92 Å². The van der Waals surface area contributed by atoms with Crippen LogP contribution in [0.2, 0.25) is 0 Å². The second kappa shape index (κ2) is 8.95. The molecule has 0 saturated carbocycles. The molecule has 0 bridgehead atoms. The van der Waals surface area contributed by atoms with Gasteiger partial charge in [0.25, 0.3) is 0 Å². The van der Waals surface area contributed by atoms with E-state index in [2.05, 4.69) is 17.0 Å². The molecule has 1 aliphatic rings. The van der Waals surface area contributed by atoms with E-state index in [1.807, 2.05) is 18.2 Å². The SMILES string of the molecule is COc1ccc(F)c(CN2CCCC(C(=O)CCc3ccccc3)C2)c1. The molecule has 3 nitrogen and oxygen atoms in total. The maximum Gasteiger partial charge on any atom is 0.137 e. The molecular weight excluding hydrogens is 329 g/mol. The number of piperidine rings is 1. The minimum atomic E-state index is -0.219. The van der Waals surface area contributed by atoms with Crippen molar-refractivity contribution in [2.75, 3.05) is 20.2 Å². The third-order valence-electron chi connectivity index (χ3n) is 5.11. The number of Topliss-reactive ketones (excluding diaryl/α,β-unsaturated/α-hetero) is 1. The van der Waals surface area contributed by atoms with Crippen molar-refractivity contribution in [2.45, 2.75) is 32.2 Å². The van der Waals surface area contributed by atoms with E-state index in [1.165, 1.54) is 11.6 Å². The Bertz CT molecular complexity index is 732. The molecule has 1 saturated heterocycles. The van der Waals surface area contributed by atoms with Crippen LogP contribution in [0.3, 0.4) is 0 Å². The van der Waals surface area contributed by atoms with Crippen LogP contribution in [-0.4, -0.2) is 30.9 Å². The van der Waals surface area contributed by atoms with Gasteiger partial charge in [0.2, 0.25) is 0 Å². The summed E-state index contributed by atoms with van der Waals surface area (Å²) in [6.45, 7) is 2.13. The molecule has 1 aliphatic heterocycles. The van der Waals surface area contributed by atoms with Crippen molar-refractivity contribution in [3.63, 3.8) is 0 Å². The number of ketones is 1. The van der Waals surface area contributed by atoms with Crippen LogP contribution in [0.1, 0.15) is 30.4 Å². The summed E-state index contributed by atoms with van der Waals surface area (Å²) >= 11 is 0. The summed E-state index contributed by atoms with van der Waals surface area (Å²) in [7, 11) is 1.58. The molecule has 1 heterocycles. The van der Waals surface area contributed by atoms with E-state index in [1.54, 1.807) is 19.2 Å². The molecular formula is C22H26FNO2. The number of aryl methyl sites for hydroxylation is 1. The second-order valence-corrected chi connectivity index (χ2v) is 6.98. The highest BCUT2D eigenvalue weighted by Crippen LogP contribution is 2.24. The Morgan fingerprint density at radius 2 is 2.04 bits per heavy atom. The number of hydrogen-bond acceptors (Lipinski definition) is 3. The first-order valence-corrected chi connectivity index (χ1v) is 9.27. The zero-order valence-corrected chi connectivity index (χ0v) is 15.3. The summed E-state index contributed by atoms with van der Waals surface area (Å²) in [5.74, 6) is 0.822. The fourth-order valence-electron chi connectivity index (χ4n) is 3.62. The largest absolute Gasteiger partial charge is 0.497 e. The van der Waals surface area contributed by atoms with Gasteiger partial charge in [-0.15, -0.1) is 0 Å². The Hall–Kier alpha value is -2.20. The predicted octanol–water partition coefficient (Wildman–Crippen LogP) is 4.25. The number of ether oxygens (including phenoxy) is 1. The fraction of sp³-hybridized carbons (Fsp3) is 0.409. The first kappa shape index (κ1) is 18.6. The topological polar surface area (TPSA) is 29.5 Å². The molecule has 26 heavy (non-hydrogen) atoms. The van der Waals surface area contributed by atoms with Gasteiger partial charge in [0.05, 0.1) is 7.11 Å². The first-order valence-electron chi connectivity index (χ1n) is 9.27. The lowest BCUT2D eigenvalue weighted by Gasteiger charge is -2.32. The minimum absolute atomic E-state index is 0.0566. The molecule has 4 heteroatoms. The molecule has 2 aromatic rings. The van der Waals surface area contributed by atoms with E-state index in [-0.39, 0.29) is 11.7 Å². The van der Waals surface area contributed by atoms with Crippen LogP contribution < -0.4 is 4.74 Å². The molecule has 0 N–H and O–H groups in total. The Labute approximate surface area is 154 Å². The number of carbonyl (C=O) groups is 1. The van der Waals surface area contributed by atoms with Crippen molar-refractivity contribution in [1.82, 2.24) is 4.90 Å². The summed E-state index contributed by atoms with van der Waals surface area (Å²) in [4.78, 5) is 14.8. The molecule has 3 rings (SSSR count). The lowest BCUT2D eigenvalue weighted by molar-refractivity contribution is -0.124. The van der Waals surface area contributed by atoms with Crippen molar-refractivity contribution in [3.8, 4) is 5.75 Å². The summed E-state index contributed by atoms with van der Waals surface area (Å²) in [6.07, 6.45) is 3.29. The van der Waals surface area contributed by atoms with Crippen LogP contribution >= 0.6 is 0 Å². The summed E-state index contributed by atoms with van der Waals surface area (Å²) in [5, 5.41) is 0. The van der Waals surface area contributed by atoms with Crippen LogP contribution in [0, 0.1) is 11.7 Å². The van der Waals surface area contributed by atoms with Gasteiger partial charge in [-0.1, -0.05) is 30.3 Å². The number of methoxy groups -OCH3 is 1. The van der Waals surface area contributed by atoms with E-state index in [9.17, 15) is 9.18 Å². The Morgan fingerprint density at radius 3 is 2.81 bits per heavy atom. The molecule has 1 atom stereocenters. The summed E-state index contributed by atoms with van der Waals surface area (Å²) in [5.41, 5.74) is 1.83. The monoisotopic (exact) mass is 355 g/mol. The van der Waals surface area contributed by atoms with Gasteiger partial charge in [-0.2, -0.15) is 0 Å². The zero-order chi connectivity index (χ0) is 18.4. The number of rotatable bonds is 7. The lowest BCUT2D eigenvalue weighted by Crippen LogP contribution is -2.38. The maximum absolute atomic E-state index is 14.1. The predicted molar refractivity (Wildman–Crippen MR) is 101 cm³/mol. The third kappa shape index (κ3) is 4.92. The van der Waals surface area contributed by atoms with Gasteiger partial charge in [0.15, 0.2) is 0 Å². The minimum Gasteiger partial charge on any atom is -0.497 e. The smallest absolute Gasteiger partial charge is 0.137 e. The van der Waals surface area contributed by atoms with Crippen LogP contribution in [-0.2, 0) is 17.8 Å². The van der Waals surface area contributed by atoms with Gasteiger partial charge in [-0.25, -0.2) is 4.39 Å². The molecule has 0 amide bonds. The number of carbonyl (C=O) groups excluding carboxylic acids is 1. The van der Waals surface area contributed by atoms with E-state index in [0.717, 1.165) is 25.8 Å². The standard InChI is InChI=1S/C22H26FNO2/c1-26-20-10-11-21(23)19(14-20)16-24-13-5-8-18(15-24)22(25)12-9-17-6-3-2-4-7-17/h2-4,6-7,10-11,14,18H,5,8-9,12-13,15-16H2,1H3. The fourth-order valence-corrected chi connectivity index (χ4v) is 3.62. The number of nitrogens with zero attached hydrogens (tertiary/aromatic N) is 1. The van der Waals surface area contributed by atoms with Crippen LogP contribution in [0.4, 0.5) is 4.39 Å². The number of halogens is 1. The molecule has 138 valence electrons. The van der Waals surface area contributed by atoms with E-state index in [4.69, 9.17) is 4.74 Å². The molecule has 1 fully saturated rings. The highest BCUT2D eigenvalue weighted by molar-refractivity contribution is 5.81. The van der Waals surface area contributed by atoms with E-state index >= 15 is 0 Å². The quantitative estimate of drug-likeness (QED) is 0.744. The molecule has 2 aromatic carbocycles. The average Bonchev–Trinajstić information content (AvgIpc) is 2.69. The van der Waals surface area contributed by atoms with E-state index < -0.39 is 0 Å². The average molecular weight is 355 g/mol. The summed E-state index contributed by atoms with van der Waals surface area (Å²) in [6, 6.07) is 14.9. The molecule has 0 aromatic heterocycles. The highest BCUT2D eigenvalue weighted by atomic mass is 19.1. The van der Waals surface area contributed by atoms with Gasteiger partial charge in [-0.05, 0) is 49.6 Å². The third-order valence-corrected chi connectivity index (χ3v) is 5.11. The molecule has 0 spiro atoms. The second-order valence-electron chi connectivity index (χ2n) is 6.98. The number of benzene rings is 2. The van der Waals surface area contributed by atoms with Crippen molar-refractivity contribution < 1.29 is 13.9 Å². The lowest BCUT2D eigenvalue weighted by atomic mass is 9.90. The Kier molecular flexibility index (Phi) is 6.40. The first-order chi connectivity index (χ1) is 12.7. The van der Waals surface area contributed by atoms with Crippen LogP contribution in [0.5, 0.6) is 5.75 Å². The van der Waals surface area contributed by atoms with Crippen LogP contribution in [0.15, 0.2) is 48.5 Å². The summed E-state index contributed by atoms with van der Waals surface area (Å²) < 4.78 is 19.3. The van der Waals surface area contributed by atoms with Crippen molar-refractivity contribution in [1.29, 1.82) is 0 Å². The van der Waals surface area contributed by atoms with Crippen molar-refractivity contribution >= 4 is 5.78 Å². The van der Waals surface area contributed by atoms with E-state index in [0.29, 0.717) is 36.6 Å². The number of hydrogen-bond donors (Lipinski definition) is 0. The Balaban J connectivity index is 1.56. The van der Waals surface area contributed by atoms with Gasteiger partial charge in [0.1, 0.15) is 17.3 Å². The number of likely N-dealkylation sites (tertiary alicyclic amines) is 1.